The van der Waals surface area contributed by atoms with Crippen molar-refractivity contribution >= 4 is 17.5 Å². The third kappa shape index (κ3) is 3.92. The van der Waals surface area contributed by atoms with Crippen LogP contribution in [0.25, 0.3) is 0 Å². The summed E-state index contributed by atoms with van der Waals surface area (Å²) in [6.07, 6.45) is 4.65. The molecule has 2 nitrogen and oxygen atoms in total. The minimum atomic E-state index is 0.0120. The van der Waals surface area contributed by atoms with Gasteiger partial charge in [-0.05, 0) is 31.0 Å². The number of thioether (sulfide) groups is 1. The Kier molecular flexibility index (Phi) is 5.85. The Bertz CT molecular complexity index is 741. The first-order chi connectivity index (χ1) is 12.2. The smallest absolute Gasteiger partial charge is 0.120 e. The van der Waals surface area contributed by atoms with Crippen molar-refractivity contribution in [3.05, 3.63) is 59.7 Å². The Morgan fingerprint density at radius 2 is 1.92 bits per heavy atom. The fraction of sp³-hybridized carbons (Fsp3) is 0.409. The van der Waals surface area contributed by atoms with Gasteiger partial charge in [0.1, 0.15) is 5.75 Å². The number of ether oxygens (including phenoxy) is 1. The van der Waals surface area contributed by atoms with Crippen LogP contribution in [-0.2, 0) is 0 Å². The van der Waals surface area contributed by atoms with Gasteiger partial charge in [-0.2, -0.15) is 0 Å². The van der Waals surface area contributed by atoms with E-state index in [1.54, 1.807) is 7.11 Å². The Morgan fingerprint density at radius 1 is 1.12 bits per heavy atom. The highest BCUT2D eigenvalue weighted by atomic mass is 32.2. The van der Waals surface area contributed by atoms with Crippen LogP contribution >= 0.6 is 11.8 Å². The molecule has 1 unspecified atom stereocenters. The third-order valence-corrected chi connectivity index (χ3v) is 6.32. The third-order valence-electron chi connectivity index (χ3n) is 4.99. The molecule has 0 bridgehead atoms. The van der Waals surface area contributed by atoms with Gasteiger partial charge in [-0.3, -0.25) is 4.99 Å². The molecule has 2 aromatic rings. The van der Waals surface area contributed by atoms with Gasteiger partial charge < -0.3 is 4.74 Å². The molecule has 2 aromatic carbocycles. The predicted octanol–water partition coefficient (Wildman–Crippen LogP) is 5.98. The van der Waals surface area contributed by atoms with Gasteiger partial charge in [0.05, 0.1) is 18.4 Å². The van der Waals surface area contributed by atoms with Crippen LogP contribution in [0.5, 0.6) is 5.75 Å². The summed E-state index contributed by atoms with van der Waals surface area (Å²) in [6, 6.07) is 17.0. The van der Waals surface area contributed by atoms with Crippen LogP contribution in [0.3, 0.4) is 0 Å². The number of fused-ring (bicyclic) bond motifs is 1. The maximum absolute atomic E-state index is 5.45. The average molecular weight is 354 g/mol. The van der Waals surface area contributed by atoms with Crippen LogP contribution in [0.1, 0.15) is 50.7 Å². The Hall–Kier alpha value is -1.74. The van der Waals surface area contributed by atoms with Gasteiger partial charge >= 0.3 is 0 Å². The molecule has 1 heterocycles. The van der Waals surface area contributed by atoms with Gasteiger partial charge in [0.2, 0.25) is 0 Å². The molecule has 132 valence electrons. The topological polar surface area (TPSA) is 21.6 Å². The molecule has 0 N–H and O–H groups in total. The number of benzene rings is 2. The minimum absolute atomic E-state index is 0.0120. The van der Waals surface area contributed by atoms with E-state index in [-0.39, 0.29) is 5.54 Å². The Labute approximate surface area is 155 Å². The zero-order chi connectivity index (χ0) is 17.7. The SMILES string of the molecule is CCCCC1(CC)CSc2cc(OC)ccc2C(c2ccccc2)=N1. The van der Waals surface area contributed by atoms with Crippen LogP contribution in [0.4, 0.5) is 0 Å². The largest absolute Gasteiger partial charge is 0.497 e. The lowest BCUT2D eigenvalue weighted by atomic mass is 9.91. The van der Waals surface area contributed by atoms with Crippen molar-refractivity contribution in [1.29, 1.82) is 0 Å². The molecular weight excluding hydrogens is 326 g/mol. The summed E-state index contributed by atoms with van der Waals surface area (Å²) < 4.78 is 5.45. The molecule has 0 amide bonds. The molecule has 0 spiro atoms. The molecule has 0 aromatic heterocycles. The van der Waals surface area contributed by atoms with E-state index in [0.717, 1.165) is 30.1 Å². The van der Waals surface area contributed by atoms with Gasteiger partial charge in [0.15, 0.2) is 0 Å². The molecule has 1 aliphatic heterocycles. The summed E-state index contributed by atoms with van der Waals surface area (Å²) in [5.41, 5.74) is 3.56. The van der Waals surface area contributed by atoms with Gasteiger partial charge in [-0.25, -0.2) is 0 Å². The van der Waals surface area contributed by atoms with Crippen LogP contribution in [-0.4, -0.2) is 24.1 Å². The molecule has 25 heavy (non-hydrogen) atoms. The van der Waals surface area contributed by atoms with E-state index in [4.69, 9.17) is 9.73 Å². The van der Waals surface area contributed by atoms with Gasteiger partial charge in [0, 0.05) is 21.8 Å². The molecule has 3 heteroatoms. The van der Waals surface area contributed by atoms with Crippen molar-refractivity contribution in [2.45, 2.75) is 50.0 Å². The summed E-state index contributed by atoms with van der Waals surface area (Å²) in [5, 5.41) is 0. The Morgan fingerprint density at radius 3 is 2.60 bits per heavy atom. The number of hydrogen-bond acceptors (Lipinski definition) is 3. The molecule has 0 radical (unpaired) electrons. The van der Waals surface area contributed by atoms with Crippen LogP contribution < -0.4 is 4.74 Å². The summed E-state index contributed by atoms with van der Waals surface area (Å²) in [7, 11) is 1.73. The van der Waals surface area contributed by atoms with Crippen LogP contribution in [0.15, 0.2) is 58.4 Å². The second-order valence-corrected chi connectivity index (χ2v) is 7.68. The number of hydrogen-bond donors (Lipinski definition) is 0. The molecular formula is C22H27NOS. The minimum Gasteiger partial charge on any atom is -0.497 e. The first-order valence-corrected chi connectivity index (χ1v) is 10.2. The summed E-state index contributed by atoms with van der Waals surface area (Å²) in [4.78, 5) is 6.66. The predicted molar refractivity (Wildman–Crippen MR) is 108 cm³/mol. The van der Waals surface area contributed by atoms with E-state index >= 15 is 0 Å². The molecule has 3 rings (SSSR count). The van der Waals surface area contributed by atoms with E-state index < -0.39 is 0 Å². The monoisotopic (exact) mass is 353 g/mol. The first kappa shape index (κ1) is 18.1. The Balaban J connectivity index is 2.13. The fourth-order valence-corrected chi connectivity index (χ4v) is 4.65. The first-order valence-electron chi connectivity index (χ1n) is 9.18. The maximum atomic E-state index is 5.45. The van der Waals surface area contributed by atoms with Crippen LogP contribution in [0.2, 0.25) is 0 Å². The highest BCUT2D eigenvalue weighted by Gasteiger charge is 2.32. The van der Waals surface area contributed by atoms with Crippen molar-refractivity contribution in [3.8, 4) is 5.75 Å². The summed E-state index contributed by atoms with van der Waals surface area (Å²) >= 11 is 1.92. The van der Waals surface area contributed by atoms with Crippen molar-refractivity contribution in [2.24, 2.45) is 4.99 Å². The molecule has 0 aliphatic carbocycles. The normalized spacial score (nSPS) is 19.7. The van der Waals surface area contributed by atoms with Crippen molar-refractivity contribution in [2.75, 3.05) is 12.9 Å². The van der Waals surface area contributed by atoms with Gasteiger partial charge in [-0.15, -0.1) is 11.8 Å². The van der Waals surface area contributed by atoms with Crippen molar-refractivity contribution < 1.29 is 4.74 Å². The second kappa shape index (κ2) is 8.09. The maximum Gasteiger partial charge on any atom is 0.120 e. The van der Waals surface area contributed by atoms with Crippen molar-refractivity contribution in [1.82, 2.24) is 0 Å². The molecule has 0 saturated heterocycles. The van der Waals surface area contributed by atoms with E-state index in [2.05, 4.69) is 56.3 Å². The van der Waals surface area contributed by atoms with Crippen LogP contribution in [0, 0.1) is 0 Å². The summed E-state index contributed by atoms with van der Waals surface area (Å²) in [6.45, 7) is 4.54. The fourth-order valence-electron chi connectivity index (χ4n) is 3.29. The van der Waals surface area contributed by atoms with E-state index in [9.17, 15) is 0 Å². The summed E-state index contributed by atoms with van der Waals surface area (Å²) in [5.74, 6) is 1.94. The van der Waals surface area contributed by atoms with E-state index in [0.29, 0.717) is 0 Å². The number of nitrogens with zero attached hydrogens (tertiary/aromatic N) is 1. The lowest BCUT2D eigenvalue weighted by molar-refractivity contribution is 0.413. The number of methoxy groups -OCH3 is 1. The number of rotatable bonds is 6. The standard InChI is InChI=1S/C22H27NOS/c1-4-6-14-22(5-2)16-25-20-15-18(24-3)12-13-19(20)21(23-22)17-10-8-7-9-11-17/h7-13,15H,4-6,14,16H2,1-3H3. The molecule has 0 fully saturated rings. The van der Waals surface area contributed by atoms with Gasteiger partial charge in [0.25, 0.3) is 0 Å². The molecule has 0 saturated carbocycles. The quantitative estimate of drug-likeness (QED) is 0.637. The second-order valence-electron chi connectivity index (χ2n) is 6.66. The molecule has 1 atom stereocenters. The zero-order valence-electron chi connectivity index (χ0n) is 15.4. The highest BCUT2D eigenvalue weighted by Crippen LogP contribution is 2.39. The molecule has 1 aliphatic rings. The average Bonchev–Trinajstić information content (AvgIpc) is 2.84. The lowest BCUT2D eigenvalue weighted by Gasteiger charge is -2.28. The zero-order valence-corrected chi connectivity index (χ0v) is 16.2. The number of aliphatic imine (C=N–C) groups is 1. The van der Waals surface area contributed by atoms with Gasteiger partial charge in [-0.1, -0.05) is 57.0 Å². The van der Waals surface area contributed by atoms with E-state index in [1.807, 2.05) is 17.8 Å². The van der Waals surface area contributed by atoms with E-state index in [1.165, 1.54) is 28.9 Å². The number of unbranched alkanes of at least 4 members (excludes halogenated alkanes) is 1. The lowest BCUT2D eigenvalue weighted by Crippen LogP contribution is -2.29. The van der Waals surface area contributed by atoms with Crippen molar-refractivity contribution in [3.63, 3.8) is 0 Å². The highest BCUT2D eigenvalue weighted by molar-refractivity contribution is 7.99.